The number of nitrogens with two attached hydrogens (primary N) is 1. The van der Waals surface area contributed by atoms with Crippen molar-refractivity contribution in [3.05, 3.63) is 56.8 Å². The van der Waals surface area contributed by atoms with Crippen LogP contribution in [0.25, 0.3) is 0 Å². The molecule has 96 valence electrons. The zero-order chi connectivity index (χ0) is 13.1. The molecular weight excluding hydrogens is 238 g/mol. The minimum atomic E-state index is 0.212. The fourth-order valence-corrected chi connectivity index (χ4v) is 3.35. The van der Waals surface area contributed by atoms with Gasteiger partial charge < -0.3 is 5.73 Å². The van der Waals surface area contributed by atoms with Crippen LogP contribution in [0.15, 0.2) is 29.6 Å². The fraction of sp³-hybridized carbons (Fsp3) is 0.375. The van der Waals surface area contributed by atoms with Crippen LogP contribution in [-0.4, -0.2) is 6.04 Å². The molecule has 1 atom stereocenters. The third kappa shape index (κ3) is 3.21. The molecule has 0 spiro atoms. The van der Waals surface area contributed by atoms with Crippen molar-refractivity contribution in [2.45, 2.75) is 39.7 Å². The standard InChI is InChI=1S/C16H21NS/c1-11-7-12(2)16(13(3)8-11)10-14(17)9-15-5-4-6-18-15/h4-8,14H,9-10,17H2,1-3H3. The van der Waals surface area contributed by atoms with Crippen molar-refractivity contribution in [3.8, 4) is 0 Å². The second-order valence-electron chi connectivity index (χ2n) is 5.12. The highest BCUT2D eigenvalue weighted by Gasteiger charge is 2.10. The Labute approximate surface area is 114 Å². The van der Waals surface area contributed by atoms with Crippen molar-refractivity contribution in [2.24, 2.45) is 5.73 Å². The Morgan fingerprint density at radius 1 is 1.11 bits per heavy atom. The van der Waals surface area contributed by atoms with E-state index in [-0.39, 0.29) is 6.04 Å². The van der Waals surface area contributed by atoms with Crippen LogP contribution in [0.5, 0.6) is 0 Å². The number of hydrogen-bond donors (Lipinski definition) is 1. The van der Waals surface area contributed by atoms with Crippen molar-refractivity contribution in [3.63, 3.8) is 0 Å². The summed E-state index contributed by atoms with van der Waals surface area (Å²) in [7, 11) is 0. The van der Waals surface area contributed by atoms with Crippen LogP contribution in [0.2, 0.25) is 0 Å². The van der Waals surface area contributed by atoms with Gasteiger partial charge in [0.25, 0.3) is 0 Å². The van der Waals surface area contributed by atoms with Gasteiger partial charge in [0.1, 0.15) is 0 Å². The van der Waals surface area contributed by atoms with Crippen molar-refractivity contribution in [1.29, 1.82) is 0 Å². The monoisotopic (exact) mass is 259 g/mol. The summed E-state index contributed by atoms with van der Waals surface area (Å²) in [4.78, 5) is 1.38. The van der Waals surface area contributed by atoms with Gasteiger partial charge in [-0.15, -0.1) is 11.3 Å². The Morgan fingerprint density at radius 3 is 2.33 bits per heavy atom. The lowest BCUT2D eigenvalue weighted by Gasteiger charge is -2.16. The van der Waals surface area contributed by atoms with Crippen LogP contribution in [0, 0.1) is 20.8 Å². The van der Waals surface area contributed by atoms with Crippen LogP contribution < -0.4 is 5.73 Å². The lowest BCUT2D eigenvalue weighted by atomic mass is 9.93. The number of benzene rings is 1. The molecule has 0 saturated heterocycles. The van der Waals surface area contributed by atoms with Gasteiger partial charge in [0.15, 0.2) is 0 Å². The molecule has 0 aliphatic rings. The van der Waals surface area contributed by atoms with Gasteiger partial charge in [-0.2, -0.15) is 0 Å². The first kappa shape index (κ1) is 13.3. The summed E-state index contributed by atoms with van der Waals surface area (Å²) in [6.07, 6.45) is 1.94. The second-order valence-corrected chi connectivity index (χ2v) is 6.16. The Hall–Kier alpha value is -1.12. The SMILES string of the molecule is Cc1cc(C)c(CC(N)Cc2cccs2)c(C)c1. The van der Waals surface area contributed by atoms with E-state index in [4.69, 9.17) is 5.73 Å². The molecule has 1 aromatic carbocycles. The van der Waals surface area contributed by atoms with Crippen molar-refractivity contribution in [2.75, 3.05) is 0 Å². The summed E-state index contributed by atoms with van der Waals surface area (Å²) >= 11 is 1.79. The summed E-state index contributed by atoms with van der Waals surface area (Å²) in [6, 6.07) is 8.97. The minimum Gasteiger partial charge on any atom is -0.327 e. The van der Waals surface area contributed by atoms with Crippen molar-refractivity contribution in [1.82, 2.24) is 0 Å². The summed E-state index contributed by atoms with van der Waals surface area (Å²) in [5.41, 5.74) is 11.8. The molecule has 1 aromatic heterocycles. The Kier molecular flexibility index (Phi) is 4.20. The maximum absolute atomic E-state index is 6.28. The van der Waals surface area contributed by atoms with E-state index in [1.165, 1.54) is 27.1 Å². The lowest BCUT2D eigenvalue weighted by Crippen LogP contribution is -2.26. The lowest BCUT2D eigenvalue weighted by molar-refractivity contribution is 0.666. The van der Waals surface area contributed by atoms with E-state index in [1.807, 2.05) is 0 Å². The zero-order valence-corrected chi connectivity index (χ0v) is 12.2. The first-order valence-corrected chi connectivity index (χ1v) is 7.29. The molecule has 2 rings (SSSR count). The maximum atomic E-state index is 6.28. The van der Waals surface area contributed by atoms with E-state index in [0.29, 0.717) is 0 Å². The van der Waals surface area contributed by atoms with E-state index < -0.39 is 0 Å². The van der Waals surface area contributed by atoms with Gasteiger partial charge in [-0.1, -0.05) is 23.8 Å². The van der Waals surface area contributed by atoms with Gasteiger partial charge in [0, 0.05) is 10.9 Å². The number of rotatable bonds is 4. The highest BCUT2D eigenvalue weighted by molar-refractivity contribution is 7.09. The van der Waals surface area contributed by atoms with Gasteiger partial charge in [0.05, 0.1) is 0 Å². The average molecular weight is 259 g/mol. The summed E-state index contributed by atoms with van der Waals surface area (Å²) in [6.45, 7) is 6.52. The third-order valence-electron chi connectivity index (χ3n) is 3.35. The second kappa shape index (κ2) is 5.68. The highest BCUT2D eigenvalue weighted by Crippen LogP contribution is 2.19. The molecule has 1 nitrogen and oxygen atoms in total. The Morgan fingerprint density at radius 2 is 1.78 bits per heavy atom. The first-order valence-electron chi connectivity index (χ1n) is 6.41. The molecule has 0 fully saturated rings. The van der Waals surface area contributed by atoms with Crippen LogP contribution in [0.4, 0.5) is 0 Å². The molecule has 0 aliphatic carbocycles. The quantitative estimate of drug-likeness (QED) is 0.888. The average Bonchev–Trinajstić information content (AvgIpc) is 2.76. The topological polar surface area (TPSA) is 26.0 Å². The highest BCUT2D eigenvalue weighted by atomic mass is 32.1. The molecule has 0 bridgehead atoms. The predicted octanol–water partition coefficient (Wildman–Crippen LogP) is 3.79. The number of aryl methyl sites for hydroxylation is 3. The summed E-state index contributed by atoms with van der Waals surface area (Å²) < 4.78 is 0. The Balaban J connectivity index is 2.09. The van der Waals surface area contributed by atoms with Crippen LogP contribution >= 0.6 is 11.3 Å². The largest absolute Gasteiger partial charge is 0.327 e. The normalized spacial score (nSPS) is 12.7. The minimum absolute atomic E-state index is 0.212. The third-order valence-corrected chi connectivity index (χ3v) is 4.25. The zero-order valence-electron chi connectivity index (χ0n) is 11.4. The molecule has 0 saturated carbocycles. The van der Waals surface area contributed by atoms with Crippen LogP contribution in [-0.2, 0) is 12.8 Å². The molecule has 18 heavy (non-hydrogen) atoms. The van der Waals surface area contributed by atoms with Gasteiger partial charge in [0.2, 0.25) is 0 Å². The van der Waals surface area contributed by atoms with Crippen molar-refractivity contribution < 1.29 is 0 Å². The Bertz CT molecular complexity index is 491. The summed E-state index contributed by atoms with van der Waals surface area (Å²) in [5.74, 6) is 0. The van der Waals surface area contributed by atoms with Gasteiger partial charge in [-0.05, 0) is 61.7 Å². The molecule has 1 unspecified atom stereocenters. The predicted molar refractivity (Wildman–Crippen MR) is 80.4 cm³/mol. The van der Waals surface area contributed by atoms with Crippen LogP contribution in [0.1, 0.15) is 27.1 Å². The van der Waals surface area contributed by atoms with Gasteiger partial charge in [-0.25, -0.2) is 0 Å². The number of thiophene rings is 1. The van der Waals surface area contributed by atoms with E-state index >= 15 is 0 Å². The molecule has 2 N–H and O–H groups in total. The van der Waals surface area contributed by atoms with Crippen molar-refractivity contribution >= 4 is 11.3 Å². The molecule has 2 heteroatoms. The number of hydrogen-bond acceptors (Lipinski definition) is 2. The van der Waals surface area contributed by atoms with Gasteiger partial charge >= 0.3 is 0 Å². The maximum Gasteiger partial charge on any atom is 0.0128 e. The van der Waals surface area contributed by atoms with E-state index in [1.54, 1.807) is 11.3 Å². The summed E-state index contributed by atoms with van der Waals surface area (Å²) in [5, 5.41) is 2.12. The van der Waals surface area contributed by atoms with Crippen LogP contribution in [0.3, 0.4) is 0 Å². The van der Waals surface area contributed by atoms with Gasteiger partial charge in [-0.3, -0.25) is 0 Å². The first-order chi connectivity index (χ1) is 8.56. The smallest absolute Gasteiger partial charge is 0.0128 e. The molecule has 0 amide bonds. The van der Waals surface area contributed by atoms with E-state index in [9.17, 15) is 0 Å². The van der Waals surface area contributed by atoms with E-state index in [2.05, 4.69) is 50.4 Å². The van der Waals surface area contributed by atoms with E-state index in [0.717, 1.165) is 12.8 Å². The molecule has 0 radical (unpaired) electrons. The molecular formula is C16H21NS. The molecule has 0 aliphatic heterocycles. The molecule has 1 heterocycles. The molecule has 2 aromatic rings. The fourth-order valence-electron chi connectivity index (χ4n) is 2.55.